The van der Waals surface area contributed by atoms with Gasteiger partial charge in [0.25, 0.3) is 0 Å². The summed E-state index contributed by atoms with van der Waals surface area (Å²) in [6, 6.07) is 3.60. The minimum Gasteiger partial charge on any atom is -0.508 e. The zero-order chi connectivity index (χ0) is 14.6. The van der Waals surface area contributed by atoms with Crippen molar-refractivity contribution in [2.75, 3.05) is 7.11 Å². The van der Waals surface area contributed by atoms with Crippen LogP contribution in [0.3, 0.4) is 0 Å². The molecule has 1 aromatic carbocycles. The number of aromatic hydroxyl groups is 1. The van der Waals surface area contributed by atoms with Gasteiger partial charge in [-0.05, 0) is 29.5 Å². The number of hydrogen-bond donors (Lipinski definition) is 1. The fourth-order valence-electron chi connectivity index (χ4n) is 2.05. The molecule has 106 valence electrons. The van der Waals surface area contributed by atoms with Crippen LogP contribution in [-0.2, 0) is 16.6 Å². The zero-order valence-corrected chi connectivity index (χ0v) is 12.5. The molecule has 0 amide bonds. The number of Topliss-reactive ketones (excluding diaryl/α,β-unsaturated/α-hetero) is 1. The minimum atomic E-state index is -0.144. The first-order chi connectivity index (χ1) is 8.79. The lowest BCUT2D eigenvalue weighted by Gasteiger charge is -2.22. The Morgan fingerprint density at radius 2 is 1.95 bits per heavy atom. The third kappa shape index (κ3) is 3.98. The highest BCUT2D eigenvalue weighted by atomic mass is 16.5. The molecule has 0 atom stereocenters. The van der Waals surface area contributed by atoms with Gasteiger partial charge in [-0.15, -0.1) is 0 Å². The number of ether oxygens (including phenoxy) is 1. The normalized spacial score (nSPS) is 11.4. The van der Waals surface area contributed by atoms with Crippen LogP contribution in [0.4, 0.5) is 0 Å². The summed E-state index contributed by atoms with van der Waals surface area (Å²) in [5.41, 5.74) is 1.60. The number of ketones is 1. The Hall–Kier alpha value is -1.51. The summed E-state index contributed by atoms with van der Waals surface area (Å²) < 4.78 is 5.38. The van der Waals surface area contributed by atoms with Crippen LogP contribution in [0, 0.1) is 0 Å². The molecule has 0 aliphatic rings. The topological polar surface area (TPSA) is 46.5 Å². The Morgan fingerprint density at radius 1 is 1.32 bits per heavy atom. The van der Waals surface area contributed by atoms with Crippen LogP contribution >= 0.6 is 0 Å². The lowest BCUT2D eigenvalue weighted by atomic mass is 9.85. The van der Waals surface area contributed by atoms with Gasteiger partial charge in [-0.3, -0.25) is 4.79 Å². The van der Waals surface area contributed by atoms with Crippen LogP contribution in [0.2, 0.25) is 0 Å². The summed E-state index contributed by atoms with van der Waals surface area (Å²) >= 11 is 0. The van der Waals surface area contributed by atoms with Crippen molar-refractivity contribution in [2.24, 2.45) is 0 Å². The van der Waals surface area contributed by atoms with Gasteiger partial charge in [-0.2, -0.15) is 0 Å². The van der Waals surface area contributed by atoms with Crippen LogP contribution in [0.15, 0.2) is 12.1 Å². The lowest BCUT2D eigenvalue weighted by molar-refractivity contribution is -0.118. The number of methoxy groups -OCH3 is 1. The highest BCUT2D eigenvalue weighted by Crippen LogP contribution is 2.36. The van der Waals surface area contributed by atoms with Crippen molar-refractivity contribution < 1.29 is 14.6 Å². The van der Waals surface area contributed by atoms with E-state index >= 15 is 0 Å². The number of aryl methyl sites for hydroxylation is 1. The zero-order valence-electron chi connectivity index (χ0n) is 12.5. The molecule has 1 aromatic rings. The van der Waals surface area contributed by atoms with Crippen LogP contribution in [0.25, 0.3) is 0 Å². The van der Waals surface area contributed by atoms with Crippen molar-refractivity contribution in [2.45, 2.75) is 52.4 Å². The third-order valence-corrected chi connectivity index (χ3v) is 3.27. The summed E-state index contributed by atoms with van der Waals surface area (Å²) in [6.45, 7) is 7.99. The van der Waals surface area contributed by atoms with Gasteiger partial charge in [-0.25, -0.2) is 0 Å². The number of phenolic OH excluding ortho intramolecular Hbond substituents is 1. The first-order valence-corrected chi connectivity index (χ1v) is 6.71. The van der Waals surface area contributed by atoms with Gasteiger partial charge >= 0.3 is 0 Å². The Kier molecular flexibility index (Phi) is 4.98. The fraction of sp³-hybridized carbons (Fsp3) is 0.562. The maximum Gasteiger partial charge on any atom is 0.132 e. The molecule has 0 aromatic heterocycles. The molecule has 0 aliphatic heterocycles. The molecule has 0 saturated carbocycles. The van der Waals surface area contributed by atoms with E-state index in [1.807, 2.05) is 33.8 Å². The molecule has 0 aliphatic carbocycles. The fourth-order valence-corrected chi connectivity index (χ4v) is 2.05. The van der Waals surface area contributed by atoms with Gasteiger partial charge in [0.1, 0.15) is 17.3 Å². The summed E-state index contributed by atoms with van der Waals surface area (Å²) in [7, 11) is 1.62. The van der Waals surface area contributed by atoms with Gasteiger partial charge in [0.05, 0.1) is 7.11 Å². The molecule has 3 nitrogen and oxygen atoms in total. The van der Waals surface area contributed by atoms with E-state index in [9.17, 15) is 9.90 Å². The van der Waals surface area contributed by atoms with Gasteiger partial charge in [0.2, 0.25) is 0 Å². The van der Waals surface area contributed by atoms with Crippen molar-refractivity contribution in [3.63, 3.8) is 0 Å². The largest absolute Gasteiger partial charge is 0.508 e. The molecule has 1 rings (SSSR count). The van der Waals surface area contributed by atoms with E-state index in [0.717, 1.165) is 16.9 Å². The molecule has 0 fully saturated rings. The first-order valence-electron chi connectivity index (χ1n) is 6.71. The number of phenols is 1. The standard InChI is InChI=1S/C16H24O3/c1-6-12(17)8-7-11-9-14(18)13(16(2,3)4)10-15(11)19-5/h9-10,18H,6-8H2,1-5H3. The molecule has 19 heavy (non-hydrogen) atoms. The van der Waals surface area contributed by atoms with Gasteiger partial charge < -0.3 is 9.84 Å². The number of carbonyl (C=O) groups is 1. The average Bonchev–Trinajstić information content (AvgIpc) is 2.34. The molecule has 0 saturated heterocycles. The molecule has 0 spiro atoms. The average molecular weight is 264 g/mol. The van der Waals surface area contributed by atoms with Crippen LogP contribution in [0.5, 0.6) is 11.5 Å². The molecule has 0 unspecified atom stereocenters. The maximum atomic E-state index is 11.4. The van der Waals surface area contributed by atoms with Crippen molar-refractivity contribution in [1.29, 1.82) is 0 Å². The third-order valence-electron chi connectivity index (χ3n) is 3.27. The summed E-state index contributed by atoms with van der Waals surface area (Å²) in [4.78, 5) is 11.4. The second kappa shape index (κ2) is 6.09. The number of rotatable bonds is 5. The number of hydrogen-bond acceptors (Lipinski definition) is 3. The summed E-state index contributed by atoms with van der Waals surface area (Å²) in [5, 5.41) is 10.1. The maximum absolute atomic E-state index is 11.4. The highest BCUT2D eigenvalue weighted by molar-refractivity contribution is 5.78. The van der Waals surface area contributed by atoms with E-state index in [2.05, 4.69) is 0 Å². The van der Waals surface area contributed by atoms with Gasteiger partial charge in [0.15, 0.2) is 0 Å². The van der Waals surface area contributed by atoms with E-state index in [-0.39, 0.29) is 16.9 Å². The lowest BCUT2D eigenvalue weighted by Crippen LogP contribution is -2.12. The van der Waals surface area contributed by atoms with Crippen molar-refractivity contribution in [3.8, 4) is 11.5 Å². The van der Waals surface area contributed by atoms with E-state index in [1.165, 1.54) is 0 Å². The highest BCUT2D eigenvalue weighted by Gasteiger charge is 2.20. The van der Waals surface area contributed by atoms with Gasteiger partial charge in [0, 0.05) is 18.4 Å². The van der Waals surface area contributed by atoms with Crippen LogP contribution in [-0.4, -0.2) is 18.0 Å². The number of carbonyl (C=O) groups excluding carboxylic acids is 1. The van der Waals surface area contributed by atoms with Crippen molar-refractivity contribution in [3.05, 3.63) is 23.3 Å². The molecule has 3 heteroatoms. The molecule has 0 radical (unpaired) electrons. The predicted molar refractivity (Wildman–Crippen MR) is 77.0 cm³/mol. The molecule has 0 bridgehead atoms. The monoisotopic (exact) mass is 264 g/mol. The Bertz CT molecular complexity index is 456. The second-order valence-electron chi connectivity index (χ2n) is 5.82. The molecule has 0 heterocycles. The van der Waals surface area contributed by atoms with E-state index in [0.29, 0.717) is 19.3 Å². The molecule has 1 N–H and O–H groups in total. The van der Waals surface area contributed by atoms with Crippen LogP contribution < -0.4 is 4.74 Å². The van der Waals surface area contributed by atoms with E-state index in [1.54, 1.807) is 13.2 Å². The summed E-state index contributed by atoms with van der Waals surface area (Å²) in [5.74, 6) is 1.24. The van der Waals surface area contributed by atoms with E-state index in [4.69, 9.17) is 4.74 Å². The number of benzene rings is 1. The Morgan fingerprint density at radius 3 is 2.42 bits per heavy atom. The first kappa shape index (κ1) is 15.5. The quantitative estimate of drug-likeness (QED) is 0.883. The Labute approximate surface area is 115 Å². The van der Waals surface area contributed by atoms with Crippen LogP contribution in [0.1, 0.15) is 51.7 Å². The van der Waals surface area contributed by atoms with Gasteiger partial charge in [-0.1, -0.05) is 27.7 Å². The SMILES string of the molecule is CCC(=O)CCc1cc(O)c(C(C)(C)C)cc1OC. The van der Waals surface area contributed by atoms with E-state index < -0.39 is 0 Å². The molecular formula is C16H24O3. The smallest absolute Gasteiger partial charge is 0.132 e. The van der Waals surface area contributed by atoms with Crippen molar-refractivity contribution >= 4 is 5.78 Å². The second-order valence-corrected chi connectivity index (χ2v) is 5.82. The van der Waals surface area contributed by atoms with Crippen molar-refractivity contribution in [1.82, 2.24) is 0 Å². The molecular weight excluding hydrogens is 240 g/mol. The minimum absolute atomic E-state index is 0.144. The summed E-state index contributed by atoms with van der Waals surface area (Å²) in [6.07, 6.45) is 1.64. The predicted octanol–water partition coefficient (Wildman–Crippen LogP) is 3.61. The Balaban J connectivity index is 3.07.